The van der Waals surface area contributed by atoms with Crippen molar-refractivity contribution in [3.8, 4) is 5.75 Å². The lowest BCUT2D eigenvalue weighted by Gasteiger charge is -2.35. The van der Waals surface area contributed by atoms with Crippen molar-refractivity contribution in [3.63, 3.8) is 0 Å². The van der Waals surface area contributed by atoms with Gasteiger partial charge in [0.25, 0.3) is 0 Å². The molecule has 0 aromatic heterocycles. The second-order valence-corrected chi connectivity index (χ2v) is 7.90. The maximum Gasteiger partial charge on any atom is 0.326 e. The van der Waals surface area contributed by atoms with Crippen LogP contribution in [0.25, 0.3) is 0 Å². The molecule has 6 nitrogen and oxygen atoms in total. The lowest BCUT2D eigenvalue weighted by Crippen LogP contribution is -2.49. The molecule has 0 spiro atoms. The highest BCUT2D eigenvalue weighted by molar-refractivity contribution is 5.86. The highest BCUT2D eigenvalue weighted by atomic mass is 16.5. The van der Waals surface area contributed by atoms with Crippen LogP contribution in [0, 0.1) is 5.92 Å². The first-order valence-electron chi connectivity index (χ1n) is 10.2. The van der Waals surface area contributed by atoms with Gasteiger partial charge in [0.1, 0.15) is 11.3 Å². The molecule has 2 aliphatic heterocycles. The number of carbonyl (C=O) groups excluding carboxylic acids is 2. The maximum atomic E-state index is 13.5. The number of piperidine rings is 1. The molecule has 0 saturated carbocycles. The number of benzene rings is 1. The molecule has 154 valence electrons. The Labute approximate surface area is 167 Å². The summed E-state index contributed by atoms with van der Waals surface area (Å²) in [5.41, 5.74) is 0.244. The maximum absolute atomic E-state index is 13.5. The Kier molecular flexibility index (Phi) is 6.28. The summed E-state index contributed by atoms with van der Waals surface area (Å²) in [6, 6.07) is 7.66. The average molecular weight is 389 g/mol. The van der Waals surface area contributed by atoms with Crippen LogP contribution in [0.2, 0.25) is 0 Å². The fourth-order valence-electron chi connectivity index (χ4n) is 4.94. The number of likely N-dealkylation sites (tertiary alicyclic amines) is 2. The molecule has 0 unspecified atom stereocenters. The van der Waals surface area contributed by atoms with Crippen LogP contribution in [0.15, 0.2) is 24.3 Å². The van der Waals surface area contributed by atoms with Crippen molar-refractivity contribution in [3.05, 3.63) is 29.8 Å². The van der Waals surface area contributed by atoms with E-state index in [1.54, 1.807) is 7.11 Å². The van der Waals surface area contributed by atoms with E-state index in [0.717, 1.165) is 37.2 Å². The molecular weight excluding hydrogens is 356 g/mol. The predicted octanol–water partition coefficient (Wildman–Crippen LogP) is 3.02. The molecule has 1 aromatic carbocycles. The monoisotopic (exact) mass is 388 g/mol. The molecule has 2 saturated heterocycles. The molecule has 3 rings (SSSR count). The standard InChI is InChI=1S/C22H32N2O4/c1-5-22(21(26)28-4)15-18(20(25)24-13-7-6-8-14-24)19(23(22)2)16-9-11-17(27-3)12-10-16/h9-12,18-19H,5-8,13-15H2,1-4H3/t18-,19-,22-/m0/s1. The fraction of sp³-hybridized carbons (Fsp3) is 0.636. The van der Waals surface area contributed by atoms with Gasteiger partial charge in [-0.05, 0) is 56.8 Å². The number of likely N-dealkylation sites (N-methyl/N-ethyl adjacent to an activating group) is 1. The number of ether oxygens (including phenoxy) is 2. The Hall–Kier alpha value is -2.08. The van der Waals surface area contributed by atoms with Crippen LogP contribution < -0.4 is 4.74 Å². The van der Waals surface area contributed by atoms with Gasteiger partial charge in [0.05, 0.1) is 20.1 Å². The van der Waals surface area contributed by atoms with E-state index in [1.807, 2.05) is 43.1 Å². The number of rotatable bonds is 5. The number of esters is 1. The molecule has 0 radical (unpaired) electrons. The first kappa shape index (κ1) is 20.6. The van der Waals surface area contributed by atoms with Gasteiger partial charge in [0, 0.05) is 19.1 Å². The van der Waals surface area contributed by atoms with Gasteiger partial charge >= 0.3 is 5.97 Å². The molecule has 0 N–H and O–H groups in total. The van der Waals surface area contributed by atoms with Crippen LogP contribution in [-0.2, 0) is 14.3 Å². The molecule has 28 heavy (non-hydrogen) atoms. The SMILES string of the molecule is CC[C@@]1(C(=O)OC)C[C@H](C(=O)N2CCCCC2)[C@H](c2ccc(OC)cc2)N1C. The molecule has 1 amide bonds. The van der Waals surface area contributed by atoms with E-state index >= 15 is 0 Å². The van der Waals surface area contributed by atoms with Crippen LogP contribution in [-0.4, -0.2) is 61.6 Å². The normalized spacial score (nSPS) is 28.2. The summed E-state index contributed by atoms with van der Waals surface area (Å²) in [5.74, 6) is 0.408. The molecule has 0 bridgehead atoms. The highest BCUT2D eigenvalue weighted by Crippen LogP contribution is 2.48. The van der Waals surface area contributed by atoms with Gasteiger partial charge in [-0.3, -0.25) is 14.5 Å². The van der Waals surface area contributed by atoms with Crippen molar-refractivity contribution in [2.75, 3.05) is 34.4 Å². The Morgan fingerprint density at radius 2 is 1.75 bits per heavy atom. The van der Waals surface area contributed by atoms with Gasteiger partial charge in [-0.25, -0.2) is 0 Å². The van der Waals surface area contributed by atoms with Gasteiger partial charge < -0.3 is 14.4 Å². The largest absolute Gasteiger partial charge is 0.497 e. The summed E-state index contributed by atoms with van der Waals surface area (Å²) in [7, 11) is 5.01. The van der Waals surface area contributed by atoms with Crippen LogP contribution in [0.1, 0.15) is 50.6 Å². The summed E-state index contributed by atoms with van der Waals surface area (Å²) < 4.78 is 10.5. The smallest absolute Gasteiger partial charge is 0.326 e. The summed E-state index contributed by atoms with van der Waals surface area (Å²) in [5, 5.41) is 0. The third kappa shape index (κ3) is 3.50. The zero-order chi connectivity index (χ0) is 20.3. The Morgan fingerprint density at radius 3 is 2.29 bits per heavy atom. The van der Waals surface area contributed by atoms with Crippen molar-refractivity contribution in [2.24, 2.45) is 5.92 Å². The lowest BCUT2D eigenvalue weighted by atomic mass is 9.86. The van der Waals surface area contributed by atoms with Crippen molar-refractivity contribution in [2.45, 2.75) is 50.6 Å². The number of nitrogens with zero attached hydrogens (tertiary/aromatic N) is 2. The van der Waals surface area contributed by atoms with Crippen LogP contribution in [0.5, 0.6) is 5.75 Å². The summed E-state index contributed by atoms with van der Waals surface area (Å²) in [6.45, 7) is 3.61. The number of amides is 1. The topological polar surface area (TPSA) is 59.1 Å². The minimum absolute atomic E-state index is 0.159. The first-order valence-corrected chi connectivity index (χ1v) is 10.2. The summed E-state index contributed by atoms with van der Waals surface area (Å²) in [4.78, 5) is 30.3. The molecular formula is C22H32N2O4. The van der Waals surface area contributed by atoms with Gasteiger partial charge in [-0.15, -0.1) is 0 Å². The van der Waals surface area contributed by atoms with Crippen molar-refractivity contribution >= 4 is 11.9 Å². The minimum Gasteiger partial charge on any atom is -0.497 e. The van der Waals surface area contributed by atoms with E-state index in [-0.39, 0.29) is 23.8 Å². The van der Waals surface area contributed by atoms with Crippen molar-refractivity contribution in [1.82, 2.24) is 9.80 Å². The quantitative estimate of drug-likeness (QED) is 0.726. The van der Waals surface area contributed by atoms with E-state index in [2.05, 4.69) is 4.90 Å². The number of methoxy groups -OCH3 is 2. The second-order valence-electron chi connectivity index (χ2n) is 7.90. The minimum atomic E-state index is -0.782. The van der Waals surface area contributed by atoms with Crippen molar-refractivity contribution in [1.29, 1.82) is 0 Å². The van der Waals surface area contributed by atoms with Crippen molar-refractivity contribution < 1.29 is 19.1 Å². The van der Waals surface area contributed by atoms with E-state index in [9.17, 15) is 9.59 Å². The number of hydrogen-bond acceptors (Lipinski definition) is 5. The third-order valence-corrected chi connectivity index (χ3v) is 6.62. The van der Waals surface area contributed by atoms with E-state index in [1.165, 1.54) is 13.5 Å². The van der Waals surface area contributed by atoms with Gasteiger partial charge in [0.15, 0.2) is 0 Å². The Balaban J connectivity index is 1.99. The average Bonchev–Trinajstić information content (AvgIpc) is 3.06. The number of hydrogen-bond donors (Lipinski definition) is 0. The summed E-state index contributed by atoms with van der Waals surface area (Å²) in [6.07, 6.45) is 4.37. The third-order valence-electron chi connectivity index (χ3n) is 6.62. The molecule has 1 aromatic rings. The molecule has 0 aliphatic carbocycles. The molecule has 2 heterocycles. The Bertz CT molecular complexity index is 699. The molecule has 2 fully saturated rings. The Morgan fingerprint density at radius 1 is 1.11 bits per heavy atom. The van der Waals surface area contributed by atoms with Gasteiger partial charge in [-0.2, -0.15) is 0 Å². The fourth-order valence-corrected chi connectivity index (χ4v) is 4.94. The van der Waals surface area contributed by atoms with Crippen LogP contribution in [0.4, 0.5) is 0 Å². The van der Waals surface area contributed by atoms with Crippen LogP contribution in [0.3, 0.4) is 0 Å². The zero-order valence-corrected chi connectivity index (χ0v) is 17.4. The van der Waals surface area contributed by atoms with E-state index in [0.29, 0.717) is 12.8 Å². The molecule has 2 aliphatic rings. The van der Waals surface area contributed by atoms with Gasteiger partial charge in [-0.1, -0.05) is 19.1 Å². The second kappa shape index (κ2) is 8.52. The lowest BCUT2D eigenvalue weighted by molar-refractivity contribution is -0.153. The molecule has 6 heteroatoms. The first-order chi connectivity index (χ1) is 13.5. The highest BCUT2D eigenvalue weighted by Gasteiger charge is 2.57. The molecule has 3 atom stereocenters. The van der Waals surface area contributed by atoms with Crippen LogP contribution >= 0.6 is 0 Å². The summed E-state index contributed by atoms with van der Waals surface area (Å²) >= 11 is 0. The van der Waals surface area contributed by atoms with Gasteiger partial charge in [0.2, 0.25) is 5.91 Å². The number of carbonyl (C=O) groups is 2. The van der Waals surface area contributed by atoms with E-state index < -0.39 is 5.54 Å². The predicted molar refractivity (Wildman–Crippen MR) is 107 cm³/mol. The zero-order valence-electron chi connectivity index (χ0n) is 17.4. The van der Waals surface area contributed by atoms with E-state index in [4.69, 9.17) is 9.47 Å².